The van der Waals surface area contributed by atoms with Gasteiger partial charge in [0, 0.05) is 0 Å². The second-order valence-corrected chi connectivity index (χ2v) is 0.577. The van der Waals surface area contributed by atoms with Crippen molar-refractivity contribution in [2.45, 2.75) is 13.8 Å². The minimum Gasteiger partial charge on any atom is -0.545 e. The van der Waals surface area contributed by atoms with E-state index in [4.69, 9.17) is 4.79 Å². The average Bonchev–Trinajstić information content (AvgIpc) is 1.46. The van der Waals surface area contributed by atoms with Gasteiger partial charge in [-0.1, -0.05) is 0 Å². The van der Waals surface area contributed by atoms with E-state index in [0.29, 0.717) is 0 Å². The third kappa shape index (κ3) is 275. The molecule has 0 bridgehead atoms. The molecular formula is C4H8MgO. The topological polar surface area (TPSA) is 17.1 Å². The normalized spacial score (nSPS) is 3.67. The summed E-state index contributed by atoms with van der Waals surface area (Å²) in [5.41, 5.74) is 0. The molecule has 0 heterocycles. The molecule has 0 saturated carbocycles. The molecule has 0 aromatic rings. The van der Waals surface area contributed by atoms with Crippen molar-refractivity contribution in [1.29, 1.82) is 0 Å². The molecule has 1 nitrogen and oxygen atoms in total. The van der Waals surface area contributed by atoms with Gasteiger partial charge in [-0.3, -0.25) is 6.79 Å². The largest absolute Gasteiger partial charge is 2.00 e. The molecule has 0 amide bonds. The molecule has 0 aliphatic carbocycles. The Balaban J connectivity index is -0.0000000275. The van der Waals surface area contributed by atoms with Crippen LogP contribution in [-0.4, -0.2) is 29.8 Å². The van der Waals surface area contributed by atoms with Crippen molar-refractivity contribution >= 4 is 29.8 Å². The van der Waals surface area contributed by atoms with Crippen LogP contribution in [0, 0.1) is 6.42 Å². The molecule has 0 spiro atoms. The van der Waals surface area contributed by atoms with Gasteiger partial charge in [0.05, 0.1) is 0 Å². The fraction of sp³-hybridized carbons (Fsp3) is 0.500. The van der Waals surface area contributed by atoms with Crippen LogP contribution < -0.4 is 0 Å². The van der Waals surface area contributed by atoms with Gasteiger partial charge in [0.25, 0.3) is 0 Å². The molecule has 0 N–H and O–H groups in total. The maximum absolute atomic E-state index is 7.75. The summed E-state index contributed by atoms with van der Waals surface area (Å²) in [5.74, 6) is 0. The summed E-state index contributed by atoms with van der Waals surface area (Å²) >= 11 is 0. The Hall–Kier alpha value is 0.436. The third-order valence-corrected chi connectivity index (χ3v) is 0. The first kappa shape index (κ1) is 16.1. The summed E-state index contributed by atoms with van der Waals surface area (Å²) < 4.78 is 0. The van der Waals surface area contributed by atoms with Gasteiger partial charge in [0.15, 0.2) is 0 Å². The van der Waals surface area contributed by atoms with Crippen molar-refractivity contribution in [1.82, 2.24) is 0 Å². The second-order valence-electron chi connectivity index (χ2n) is 0.577. The Morgan fingerprint density at radius 1 is 1.33 bits per heavy atom. The molecule has 0 saturated heterocycles. The van der Waals surface area contributed by atoms with Crippen molar-refractivity contribution in [3.63, 3.8) is 0 Å². The fourth-order valence-electron chi connectivity index (χ4n) is 0. The summed E-state index contributed by atoms with van der Waals surface area (Å²) in [7, 11) is 0. The van der Waals surface area contributed by atoms with Gasteiger partial charge in [-0.15, -0.1) is 0 Å². The van der Waals surface area contributed by atoms with Crippen molar-refractivity contribution < 1.29 is 4.79 Å². The maximum Gasteiger partial charge on any atom is 2.00 e. The molecule has 0 aliphatic rings. The molecular weight excluding hydrogens is 88.3 g/mol. The van der Waals surface area contributed by atoms with E-state index in [1.165, 1.54) is 0 Å². The van der Waals surface area contributed by atoms with Crippen LogP contribution in [0.4, 0.5) is 0 Å². The number of carbonyl (C=O) groups excluding carboxylic acids is 1. The van der Waals surface area contributed by atoms with Gasteiger partial charge in [-0.2, -0.15) is 13.8 Å². The molecule has 0 atom stereocenters. The molecule has 0 aromatic carbocycles. The van der Waals surface area contributed by atoms with E-state index in [0.717, 1.165) is 0 Å². The van der Waals surface area contributed by atoms with Crippen molar-refractivity contribution in [3.05, 3.63) is 6.42 Å². The molecule has 0 rings (SSSR count). The van der Waals surface area contributed by atoms with Crippen LogP contribution in [0.3, 0.4) is 0 Å². The van der Waals surface area contributed by atoms with Gasteiger partial charge in [-0.25, -0.2) is 0 Å². The first-order valence-electron chi connectivity index (χ1n) is 1.39. The predicted molar refractivity (Wildman–Crippen MR) is 28.2 cm³/mol. The molecule has 2 heteroatoms. The van der Waals surface area contributed by atoms with Crippen molar-refractivity contribution in [2.24, 2.45) is 0 Å². The SMILES string of the molecule is C[CH-]C.[CH-]=O.[Mg+2]. The Labute approximate surface area is 55.3 Å². The van der Waals surface area contributed by atoms with E-state index in [1.54, 1.807) is 0 Å². The van der Waals surface area contributed by atoms with Gasteiger partial charge in [0.2, 0.25) is 0 Å². The van der Waals surface area contributed by atoms with E-state index in [9.17, 15) is 0 Å². The van der Waals surface area contributed by atoms with E-state index < -0.39 is 0 Å². The summed E-state index contributed by atoms with van der Waals surface area (Å²) in [4.78, 5) is 7.75. The maximum atomic E-state index is 7.75. The summed E-state index contributed by atoms with van der Waals surface area (Å²) in [5, 5.41) is 0. The molecule has 0 fully saturated rings. The minimum atomic E-state index is 0. The van der Waals surface area contributed by atoms with Gasteiger partial charge in [-0.05, 0) is 0 Å². The quantitative estimate of drug-likeness (QED) is 0.245. The smallest absolute Gasteiger partial charge is 0.545 e. The third-order valence-electron chi connectivity index (χ3n) is 0. The number of rotatable bonds is 0. The number of hydrogen-bond acceptors (Lipinski definition) is 1. The van der Waals surface area contributed by atoms with Crippen LogP contribution in [-0.2, 0) is 4.79 Å². The minimum absolute atomic E-state index is 0. The van der Waals surface area contributed by atoms with Crippen LogP contribution in [0.5, 0.6) is 0 Å². The molecule has 0 radical (unpaired) electrons. The average molecular weight is 96.4 g/mol. The van der Waals surface area contributed by atoms with E-state index in [1.807, 2.05) is 20.3 Å². The van der Waals surface area contributed by atoms with Gasteiger partial charge >= 0.3 is 23.1 Å². The predicted octanol–water partition coefficient (Wildman–Crippen LogP) is 0.576. The van der Waals surface area contributed by atoms with Crippen LogP contribution in [0.2, 0.25) is 0 Å². The Morgan fingerprint density at radius 2 is 1.33 bits per heavy atom. The van der Waals surface area contributed by atoms with Crippen LogP contribution in [0.25, 0.3) is 0 Å². The van der Waals surface area contributed by atoms with Crippen LogP contribution >= 0.6 is 0 Å². The summed E-state index contributed by atoms with van der Waals surface area (Å²) in [6, 6.07) is 0. The molecule has 0 unspecified atom stereocenters. The van der Waals surface area contributed by atoms with Gasteiger partial charge in [0.1, 0.15) is 0 Å². The Kier molecular flexibility index (Phi) is 139. The first-order chi connectivity index (χ1) is 2.41. The number of hydrogen-bond donors (Lipinski definition) is 0. The standard InChI is InChI=1S/C3H7.CHO.Mg/c1-3-2;1-2;/h3H,1-2H3;1H;/q2*-1;+2. The molecule has 0 aliphatic heterocycles. The Bertz CT molecular complexity index is 11.5. The summed E-state index contributed by atoms with van der Waals surface area (Å²) in [6.07, 6.45) is 2.00. The van der Waals surface area contributed by atoms with Gasteiger partial charge < -0.3 is 11.2 Å². The Morgan fingerprint density at radius 3 is 1.33 bits per heavy atom. The monoisotopic (exact) mass is 96.0 g/mol. The van der Waals surface area contributed by atoms with E-state index >= 15 is 0 Å². The zero-order valence-corrected chi connectivity index (χ0v) is 5.68. The second kappa shape index (κ2) is 51.9. The van der Waals surface area contributed by atoms with Crippen molar-refractivity contribution in [3.8, 4) is 0 Å². The molecule has 0 aromatic heterocycles. The van der Waals surface area contributed by atoms with Crippen LogP contribution in [0.15, 0.2) is 0 Å². The van der Waals surface area contributed by atoms with E-state index in [2.05, 4.69) is 6.79 Å². The fourth-order valence-corrected chi connectivity index (χ4v) is 0. The molecule has 6 heavy (non-hydrogen) atoms. The zero-order valence-electron chi connectivity index (χ0n) is 4.27. The van der Waals surface area contributed by atoms with Crippen LogP contribution in [0.1, 0.15) is 13.8 Å². The van der Waals surface area contributed by atoms with Crippen molar-refractivity contribution in [2.75, 3.05) is 0 Å². The van der Waals surface area contributed by atoms with E-state index in [-0.39, 0.29) is 23.1 Å². The molecule has 32 valence electrons. The zero-order chi connectivity index (χ0) is 4.71. The summed E-state index contributed by atoms with van der Waals surface area (Å²) in [6.45, 7) is 7.25. The first-order valence-corrected chi connectivity index (χ1v) is 1.39.